The van der Waals surface area contributed by atoms with Gasteiger partial charge in [-0.3, -0.25) is 0 Å². The zero-order valence-electron chi connectivity index (χ0n) is 12.5. The molecule has 0 saturated carbocycles. The molecule has 0 aliphatic rings. The number of esters is 1. The summed E-state index contributed by atoms with van der Waals surface area (Å²) in [7, 11) is 1.29. The Labute approximate surface area is 132 Å². The molecule has 3 N–H and O–H groups in total. The first-order valence-electron chi connectivity index (χ1n) is 7.00. The smallest absolute Gasteiger partial charge is 0.337 e. The molecular weight excluding hydrogens is 294 g/mol. The maximum absolute atomic E-state index is 11.5. The molecule has 6 nitrogen and oxygen atoms in total. The molecule has 0 spiro atoms. The number of hydrogen-bond acceptors (Lipinski definition) is 6. The molecule has 1 heterocycles. The minimum atomic E-state index is -0.502. The molecule has 0 atom stereocenters. The summed E-state index contributed by atoms with van der Waals surface area (Å²) in [6, 6.07) is 12.1. The SMILES string of the molecule is COC(=O)c1ccc(Cc2nc(N)c3ccccc3n2)c(O)c1. The Kier molecular flexibility index (Phi) is 3.80. The Hall–Kier alpha value is -3.15. The monoisotopic (exact) mass is 309 g/mol. The van der Waals surface area contributed by atoms with Gasteiger partial charge in [0, 0.05) is 17.4 Å². The Balaban J connectivity index is 1.94. The van der Waals surface area contributed by atoms with Gasteiger partial charge in [0.25, 0.3) is 0 Å². The van der Waals surface area contributed by atoms with Crippen LogP contribution in [-0.2, 0) is 11.2 Å². The molecule has 116 valence electrons. The van der Waals surface area contributed by atoms with Gasteiger partial charge < -0.3 is 15.6 Å². The Morgan fingerprint density at radius 3 is 2.74 bits per heavy atom. The second kappa shape index (κ2) is 5.92. The number of anilines is 1. The van der Waals surface area contributed by atoms with Crippen LogP contribution in [0.25, 0.3) is 10.9 Å². The molecule has 0 aliphatic heterocycles. The van der Waals surface area contributed by atoms with Gasteiger partial charge in [0.2, 0.25) is 0 Å². The number of hydrogen-bond donors (Lipinski definition) is 2. The highest BCUT2D eigenvalue weighted by Gasteiger charge is 2.12. The van der Waals surface area contributed by atoms with Crippen LogP contribution >= 0.6 is 0 Å². The van der Waals surface area contributed by atoms with Gasteiger partial charge in [-0.25, -0.2) is 14.8 Å². The normalized spacial score (nSPS) is 10.7. The lowest BCUT2D eigenvalue weighted by Crippen LogP contribution is -2.04. The Bertz CT molecular complexity index is 893. The summed E-state index contributed by atoms with van der Waals surface area (Å²) >= 11 is 0. The number of fused-ring (bicyclic) bond motifs is 1. The van der Waals surface area contributed by atoms with Crippen LogP contribution < -0.4 is 5.73 Å². The number of nitrogens with zero attached hydrogens (tertiary/aromatic N) is 2. The van der Waals surface area contributed by atoms with E-state index < -0.39 is 5.97 Å². The fourth-order valence-electron chi connectivity index (χ4n) is 2.36. The van der Waals surface area contributed by atoms with Crippen molar-refractivity contribution in [1.29, 1.82) is 0 Å². The van der Waals surface area contributed by atoms with E-state index in [9.17, 15) is 9.90 Å². The second-order valence-electron chi connectivity index (χ2n) is 5.05. The van der Waals surface area contributed by atoms with E-state index in [1.165, 1.54) is 13.2 Å². The van der Waals surface area contributed by atoms with Crippen LogP contribution in [-0.4, -0.2) is 28.2 Å². The van der Waals surface area contributed by atoms with E-state index >= 15 is 0 Å². The number of phenols is 1. The van der Waals surface area contributed by atoms with Gasteiger partial charge in [0.15, 0.2) is 0 Å². The highest BCUT2D eigenvalue weighted by Crippen LogP contribution is 2.23. The largest absolute Gasteiger partial charge is 0.508 e. The van der Waals surface area contributed by atoms with Crippen LogP contribution in [0.15, 0.2) is 42.5 Å². The van der Waals surface area contributed by atoms with E-state index in [1.54, 1.807) is 12.1 Å². The van der Waals surface area contributed by atoms with Gasteiger partial charge in [0.05, 0.1) is 18.2 Å². The van der Waals surface area contributed by atoms with E-state index in [0.717, 1.165) is 10.9 Å². The first kappa shape index (κ1) is 14.8. The predicted molar refractivity (Wildman–Crippen MR) is 86.2 cm³/mol. The first-order valence-corrected chi connectivity index (χ1v) is 7.00. The number of aromatic hydroxyl groups is 1. The zero-order valence-corrected chi connectivity index (χ0v) is 12.5. The lowest BCUT2D eigenvalue weighted by atomic mass is 10.1. The van der Waals surface area contributed by atoms with E-state index in [0.29, 0.717) is 23.6 Å². The number of carbonyl (C=O) groups excluding carboxylic acids is 1. The van der Waals surface area contributed by atoms with Crippen molar-refractivity contribution in [2.45, 2.75) is 6.42 Å². The topological polar surface area (TPSA) is 98.3 Å². The van der Waals surface area contributed by atoms with Crippen molar-refractivity contribution >= 4 is 22.7 Å². The van der Waals surface area contributed by atoms with Crippen LogP contribution in [0.3, 0.4) is 0 Å². The average Bonchev–Trinajstić information content (AvgIpc) is 2.56. The van der Waals surface area contributed by atoms with Gasteiger partial charge >= 0.3 is 5.97 Å². The molecule has 0 bridgehead atoms. The summed E-state index contributed by atoms with van der Waals surface area (Å²) < 4.78 is 4.62. The number of rotatable bonds is 3. The second-order valence-corrected chi connectivity index (χ2v) is 5.05. The number of ether oxygens (including phenoxy) is 1. The molecule has 2 aromatic carbocycles. The number of para-hydroxylation sites is 1. The summed E-state index contributed by atoms with van der Waals surface area (Å²) in [6.07, 6.45) is 0.308. The van der Waals surface area contributed by atoms with Crippen molar-refractivity contribution in [2.75, 3.05) is 12.8 Å². The predicted octanol–water partition coefficient (Wildman–Crippen LogP) is 2.29. The molecule has 3 aromatic rings. The fourth-order valence-corrected chi connectivity index (χ4v) is 2.36. The van der Waals surface area contributed by atoms with Gasteiger partial charge in [-0.2, -0.15) is 0 Å². The number of methoxy groups -OCH3 is 1. The standard InChI is InChI=1S/C17H15N3O3/c1-23-17(22)11-7-6-10(14(21)8-11)9-15-19-13-5-3-2-4-12(13)16(18)20-15/h2-8,21H,9H2,1H3,(H2,18,19,20). The van der Waals surface area contributed by atoms with Gasteiger partial charge in [-0.05, 0) is 24.3 Å². The quantitative estimate of drug-likeness (QED) is 0.720. The molecule has 1 aromatic heterocycles. The summed E-state index contributed by atoms with van der Waals surface area (Å²) in [6.45, 7) is 0. The molecule has 0 radical (unpaired) electrons. The number of nitrogen functional groups attached to an aromatic ring is 1. The minimum absolute atomic E-state index is 0.0109. The Morgan fingerprint density at radius 2 is 2.00 bits per heavy atom. The molecule has 0 amide bonds. The zero-order chi connectivity index (χ0) is 16.4. The number of aromatic nitrogens is 2. The maximum atomic E-state index is 11.5. The highest BCUT2D eigenvalue weighted by molar-refractivity contribution is 5.90. The molecule has 3 rings (SSSR count). The molecule has 23 heavy (non-hydrogen) atoms. The van der Waals surface area contributed by atoms with E-state index in [2.05, 4.69) is 14.7 Å². The number of carbonyl (C=O) groups is 1. The van der Waals surface area contributed by atoms with Gasteiger partial charge in [-0.1, -0.05) is 18.2 Å². The number of benzene rings is 2. The molecule has 0 aliphatic carbocycles. The third-order valence-corrected chi connectivity index (χ3v) is 3.53. The number of nitrogens with two attached hydrogens (primary N) is 1. The minimum Gasteiger partial charge on any atom is -0.508 e. The lowest BCUT2D eigenvalue weighted by Gasteiger charge is -2.08. The molecule has 0 saturated heterocycles. The third-order valence-electron chi connectivity index (χ3n) is 3.53. The van der Waals surface area contributed by atoms with Crippen LogP contribution in [0.1, 0.15) is 21.7 Å². The molecule has 0 fully saturated rings. The molecule has 0 unspecified atom stereocenters. The van der Waals surface area contributed by atoms with Crippen LogP contribution in [0.5, 0.6) is 5.75 Å². The maximum Gasteiger partial charge on any atom is 0.337 e. The summed E-state index contributed by atoms with van der Waals surface area (Å²) in [5, 5.41) is 10.9. The van der Waals surface area contributed by atoms with Crippen molar-refractivity contribution < 1.29 is 14.6 Å². The van der Waals surface area contributed by atoms with Crippen molar-refractivity contribution in [3.63, 3.8) is 0 Å². The first-order chi connectivity index (χ1) is 11.1. The van der Waals surface area contributed by atoms with E-state index in [4.69, 9.17) is 5.73 Å². The van der Waals surface area contributed by atoms with Crippen LogP contribution in [0, 0.1) is 0 Å². The van der Waals surface area contributed by atoms with Gasteiger partial charge in [0.1, 0.15) is 17.4 Å². The Morgan fingerprint density at radius 1 is 1.22 bits per heavy atom. The average molecular weight is 309 g/mol. The van der Waals surface area contributed by atoms with Gasteiger partial charge in [-0.15, -0.1) is 0 Å². The van der Waals surface area contributed by atoms with Crippen molar-refractivity contribution in [3.05, 3.63) is 59.4 Å². The third kappa shape index (κ3) is 2.91. The highest BCUT2D eigenvalue weighted by atomic mass is 16.5. The summed E-state index contributed by atoms with van der Waals surface area (Å²) in [5.74, 6) is 0.389. The molecule has 6 heteroatoms. The summed E-state index contributed by atoms with van der Waals surface area (Å²) in [4.78, 5) is 20.2. The fraction of sp³-hybridized carbons (Fsp3) is 0.118. The van der Waals surface area contributed by atoms with Crippen LogP contribution in [0.2, 0.25) is 0 Å². The van der Waals surface area contributed by atoms with Crippen LogP contribution in [0.4, 0.5) is 5.82 Å². The number of phenolic OH excluding ortho intramolecular Hbond substituents is 1. The summed E-state index contributed by atoms with van der Waals surface area (Å²) in [5.41, 5.74) is 7.60. The van der Waals surface area contributed by atoms with E-state index in [-0.39, 0.29) is 11.3 Å². The van der Waals surface area contributed by atoms with Crippen molar-refractivity contribution in [2.24, 2.45) is 0 Å². The van der Waals surface area contributed by atoms with Crippen molar-refractivity contribution in [1.82, 2.24) is 9.97 Å². The molecular formula is C17H15N3O3. The van der Waals surface area contributed by atoms with Crippen molar-refractivity contribution in [3.8, 4) is 5.75 Å². The lowest BCUT2D eigenvalue weighted by molar-refractivity contribution is 0.0600. The van der Waals surface area contributed by atoms with E-state index in [1.807, 2.05) is 24.3 Å².